The molecule has 4 fully saturated rings. The lowest BCUT2D eigenvalue weighted by Gasteiger charge is -2.62. The maximum absolute atomic E-state index is 14.5. The van der Waals surface area contributed by atoms with Gasteiger partial charge in [0.15, 0.2) is 0 Å². The van der Waals surface area contributed by atoms with Crippen molar-refractivity contribution >= 4 is 35.8 Å². The number of hydrogen-bond acceptors (Lipinski definition) is 8. The number of nitrogens with zero attached hydrogens (tertiary/aromatic N) is 4. The third-order valence-electron chi connectivity index (χ3n) is 16.2. The molecule has 56 heavy (non-hydrogen) atoms. The van der Waals surface area contributed by atoms with Crippen LogP contribution < -0.4 is 10.6 Å². The van der Waals surface area contributed by atoms with Crippen LogP contribution in [0.15, 0.2) is 12.1 Å². The van der Waals surface area contributed by atoms with Crippen molar-refractivity contribution in [2.75, 3.05) is 27.2 Å². The van der Waals surface area contributed by atoms with E-state index < -0.39 is 57.2 Å². The zero-order valence-corrected chi connectivity index (χ0v) is 35.5. The predicted octanol–water partition coefficient (Wildman–Crippen LogP) is 5.37. The molecule has 14 nitrogen and oxygen atoms in total. The maximum atomic E-state index is 14.5. The lowest BCUT2D eigenvalue weighted by molar-refractivity contribution is -0.151. The van der Waals surface area contributed by atoms with Crippen molar-refractivity contribution in [2.24, 2.45) is 11.8 Å². The molecule has 0 saturated carbocycles. The van der Waals surface area contributed by atoms with Crippen molar-refractivity contribution in [1.29, 1.82) is 0 Å². The molecular formula is C42H64N6O8. The van der Waals surface area contributed by atoms with Crippen LogP contribution in [0.4, 0.5) is 9.59 Å². The molecule has 0 radical (unpaired) electrons. The molecular weight excluding hydrogens is 716 g/mol. The van der Waals surface area contributed by atoms with Crippen LogP contribution in [0.3, 0.4) is 0 Å². The number of amides is 6. The predicted molar refractivity (Wildman–Crippen MR) is 212 cm³/mol. The molecule has 4 heterocycles. The summed E-state index contributed by atoms with van der Waals surface area (Å²) in [6.07, 6.45) is 3.46. The van der Waals surface area contributed by atoms with Crippen molar-refractivity contribution in [2.45, 2.75) is 154 Å². The Hall–Kier alpha value is -4.04. The van der Waals surface area contributed by atoms with Gasteiger partial charge in [0.25, 0.3) is 11.8 Å². The number of carbonyl (C=O) groups excluding carboxylic acids is 4. The molecule has 0 aliphatic carbocycles. The Morgan fingerprint density at radius 3 is 1.23 bits per heavy atom. The number of urea groups is 2. The standard InChI is InChI=1S/C42H64N6O8/c1-13-37(7)23-41(25(5)39(9,15-3)45(37)11)33(53)47(35(55)43-41)21-19-27-28(30(32(51)52)18-17-29(27)31(49)50)20-22-48-34(54)42(44-36(48)56)24-38(8,14-2)46(12)40(10,16-4)26(42)6/h17-18,25-26H,13-16,19-24H2,1-12H3,(H,43,55)(H,44,56)(H,49,50)(H,51,52). The van der Waals surface area contributed by atoms with Gasteiger partial charge in [-0.1, -0.05) is 41.5 Å². The summed E-state index contributed by atoms with van der Waals surface area (Å²) < 4.78 is 0. The highest BCUT2D eigenvalue weighted by Crippen LogP contribution is 2.53. The minimum Gasteiger partial charge on any atom is -0.478 e. The SMILES string of the molecule is CCC1(C)CC2(NC(=O)N(CCc3c(C(=O)O)ccc(C(=O)O)c3CCN3C(=O)NC4(CC(C)(CC)N(C)C(C)(CC)C4C)C3=O)C2=O)C(C)C(C)(CC)N1C. The number of likely N-dealkylation sites (tertiary alicyclic amines) is 2. The molecule has 8 unspecified atom stereocenters. The third kappa shape index (κ3) is 6.03. The average molecular weight is 781 g/mol. The Balaban J connectivity index is 1.48. The highest BCUT2D eigenvalue weighted by Gasteiger charge is 2.67. The third-order valence-corrected chi connectivity index (χ3v) is 16.2. The van der Waals surface area contributed by atoms with Crippen LogP contribution in [0.25, 0.3) is 0 Å². The van der Waals surface area contributed by atoms with Crippen molar-refractivity contribution in [3.8, 4) is 0 Å². The zero-order valence-electron chi connectivity index (χ0n) is 35.5. The van der Waals surface area contributed by atoms with Gasteiger partial charge in [0.05, 0.1) is 11.1 Å². The van der Waals surface area contributed by atoms with E-state index >= 15 is 0 Å². The van der Waals surface area contributed by atoms with E-state index in [-0.39, 0.29) is 71.8 Å². The quantitative estimate of drug-likeness (QED) is 0.202. The highest BCUT2D eigenvalue weighted by molar-refractivity contribution is 6.08. The summed E-state index contributed by atoms with van der Waals surface area (Å²) in [5, 5.41) is 26.8. The molecule has 4 N–H and O–H groups in total. The molecule has 5 rings (SSSR count). The monoisotopic (exact) mass is 780 g/mol. The van der Waals surface area contributed by atoms with Gasteiger partial charge >= 0.3 is 24.0 Å². The molecule has 0 aromatic heterocycles. The molecule has 4 aliphatic heterocycles. The molecule has 0 bridgehead atoms. The first-order valence-corrected chi connectivity index (χ1v) is 20.3. The van der Waals surface area contributed by atoms with Crippen molar-refractivity contribution < 1.29 is 39.0 Å². The normalized spacial score (nSPS) is 36.5. The van der Waals surface area contributed by atoms with E-state index in [9.17, 15) is 39.0 Å². The largest absolute Gasteiger partial charge is 0.478 e. The van der Waals surface area contributed by atoms with Gasteiger partial charge < -0.3 is 20.8 Å². The van der Waals surface area contributed by atoms with Crippen LogP contribution in [0.5, 0.6) is 0 Å². The van der Waals surface area contributed by atoms with Gasteiger partial charge in [-0.15, -0.1) is 0 Å². The van der Waals surface area contributed by atoms with Crippen molar-refractivity contribution in [3.05, 3.63) is 34.4 Å². The van der Waals surface area contributed by atoms with Gasteiger partial charge in [-0.3, -0.25) is 29.2 Å². The Morgan fingerprint density at radius 2 is 0.964 bits per heavy atom. The van der Waals surface area contributed by atoms with E-state index in [0.717, 1.165) is 35.5 Å². The van der Waals surface area contributed by atoms with Crippen LogP contribution in [0.2, 0.25) is 0 Å². The summed E-state index contributed by atoms with van der Waals surface area (Å²) in [5.41, 5.74) is -4.09. The number of carbonyl (C=O) groups is 6. The maximum Gasteiger partial charge on any atom is 0.335 e. The van der Waals surface area contributed by atoms with Gasteiger partial charge in [-0.05, 0) is 116 Å². The molecule has 2 spiro atoms. The molecule has 14 heteroatoms. The van der Waals surface area contributed by atoms with E-state index in [1.165, 1.54) is 12.1 Å². The second-order valence-electron chi connectivity index (χ2n) is 18.0. The van der Waals surface area contributed by atoms with Crippen LogP contribution in [0.1, 0.15) is 140 Å². The first-order chi connectivity index (χ1) is 25.9. The number of aromatic carboxylic acids is 2. The summed E-state index contributed by atoms with van der Waals surface area (Å²) in [6.45, 7) is 20.3. The van der Waals surface area contributed by atoms with E-state index in [0.29, 0.717) is 12.8 Å². The van der Waals surface area contributed by atoms with Gasteiger partial charge in [0.1, 0.15) is 11.1 Å². The van der Waals surface area contributed by atoms with Gasteiger partial charge in [-0.25, -0.2) is 19.2 Å². The van der Waals surface area contributed by atoms with E-state index in [1.54, 1.807) is 0 Å². The fraction of sp³-hybridized carbons (Fsp3) is 0.714. The van der Waals surface area contributed by atoms with E-state index in [1.807, 2.05) is 13.8 Å². The molecule has 4 saturated heterocycles. The summed E-state index contributed by atoms with van der Waals surface area (Å²) in [4.78, 5) is 88.9. The molecule has 1 aromatic carbocycles. The van der Waals surface area contributed by atoms with Gasteiger partial charge in [0.2, 0.25) is 0 Å². The van der Waals surface area contributed by atoms with E-state index in [4.69, 9.17) is 0 Å². The Morgan fingerprint density at radius 1 is 0.643 bits per heavy atom. The lowest BCUT2D eigenvalue weighted by atomic mass is 9.60. The number of rotatable bonds is 12. The van der Waals surface area contributed by atoms with Gasteiger partial charge in [-0.2, -0.15) is 0 Å². The molecule has 1 aromatic rings. The van der Waals surface area contributed by atoms with E-state index in [2.05, 4.69) is 89.9 Å². The first-order valence-electron chi connectivity index (χ1n) is 20.3. The number of hydrogen-bond donors (Lipinski definition) is 4. The summed E-state index contributed by atoms with van der Waals surface area (Å²) >= 11 is 0. The zero-order chi connectivity index (χ0) is 42.1. The first kappa shape index (κ1) is 43.1. The van der Waals surface area contributed by atoms with Crippen molar-refractivity contribution in [1.82, 2.24) is 30.2 Å². The minimum absolute atomic E-state index is 0.138. The highest BCUT2D eigenvalue weighted by atomic mass is 16.4. The number of piperidine rings is 2. The van der Waals surface area contributed by atoms with Crippen molar-refractivity contribution in [3.63, 3.8) is 0 Å². The number of nitrogens with one attached hydrogen (secondary N) is 2. The number of benzene rings is 1. The summed E-state index contributed by atoms with van der Waals surface area (Å²) in [7, 11) is 4.13. The Bertz CT molecular complexity index is 1710. The second kappa shape index (κ2) is 14.4. The lowest BCUT2D eigenvalue weighted by Crippen LogP contribution is -2.74. The fourth-order valence-electron chi connectivity index (χ4n) is 11.1. The topological polar surface area (TPSA) is 180 Å². The van der Waals surface area contributed by atoms with Crippen LogP contribution >= 0.6 is 0 Å². The number of carboxylic acids is 2. The number of imide groups is 2. The van der Waals surface area contributed by atoms with Crippen LogP contribution in [-0.2, 0) is 22.4 Å². The fourth-order valence-corrected chi connectivity index (χ4v) is 11.1. The minimum atomic E-state index is -1.31. The van der Waals surface area contributed by atoms with Crippen LogP contribution in [-0.4, -0.2) is 126 Å². The molecule has 6 amide bonds. The summed E-state index contributed by atoms with van der Waals surface area (Å²) in [6, 6.07) is 1.28. The molecule has 4 aliphatic rings. The van der Waals surface area contributed by atoms with Crippen LogP contribution in [0, 0.1) is 11.8 Å². The average Bonchev–Trinajstić information content (AvgIpc) is 3.54. The van der Waals surface area contributed by atoms with Gasteiger partial charge in [0, 0.05) is 47.1 Å². The number of carboxylic acid groups (broad SMARTS) is 2. The smallest absolute Gasteiger partial charge is 0.335 e. The Labute approximate surface area is 331 Å². The summed E-state index contributed by atoms with van der Waals surface area (Å²) in [5.74, 6) is -3.91. The molecule has 310 valence electrons. The Kier molecular flexibility index (Phi) is 11.1. The second-order valence-corrected chi connectivity index (χ2v) is 18.0. The molecule has 8 atom stereocenters.